The van der Waals surface area contributed by atoms with Crippen molar-refractivity contribution in [1.29, 1.82) is 0 Å². The summed E-state index contributed by atoms with van der Waals surface area (Å²) in [4.78, 5) is 33.0. The second kappa shape index (κ2) is 18.4. The summed E-state index contributed by atoms with van der Waals surface area (Å²) in [6, 6.07) is 14.4. The number of ketones is 2. The van der Waals surface area contributed by atoms with Crippen LogP contribution in [0.2, 0.25) is 0 Å². The first-order valence-electron chi connectivity index (χ1n) is 15.1. The quantitative estimate of drug-likeness (QED) is 0.237. The molecule has 0 radical (unpaired) electrons. The first-order valence-corrected chi connectivity index (χ1v) is 15.1. The number of Topliss-reactive ketones (excluding diaryl/α,β-unsaturated/α-hetero) is 2. The minimum Gasteiger partial charge on any atom is -0.494 e. The Labute approximate surface area is 259 Å². The Morgan fingerprint density at radius 2 is 0.902 bits per heavy atom. The molecule has 6 nitrogen and oxygen atoms in total. The van der Waals surface area contributed by atoms with Gasteiger partial charge < -0.3 is 9.47 Å². The van der Waals surface area contributed by atoms with Crippen LogP contribution in [0.15, 0.2) is 48.5 Å². The van der Waals surface area contributed by atoms with E-state index < -0.39 is 0 Å². The molecule has 0 aromatic heterocycles. The minimum absolute atomic E-state index is 0. The van der Waals surface area contributed by atoms with Gasteiger partial charge in [0.15, 0.2) is 11.6 Å². The standard InChI is InChI=1S/C33H46N2O4.2ClH/c1-3-38-28-17-13-26(14-18-28)32(36)30(34-21-9-5-6-10-22-34)25-31(35-23-11-7-8-12-24-35)33(37)27-15-19-29(20-16-27)39-4-2;;/h13-20,30-31H,3-12,21-25H2,1-2H3;2*1H. The van der Waals surface area contributed by atoms with E-state index in [1.807, 2.05) is 62.4 Å². The lowest BCUT2D eigenvalue weighted by Crippen LogP contribution is -2.50. The summed E-state index contributed by atoms with van der Waals surface area (Å²) in [5.41, 5.74) is 1.38. The molecule has 2 aliphatic heterocycles. The number of hydrogen-bond donors (Lipinski definition) is 0. The number of ether oxygens (including phenoxy) is 2. The first-order chi connectivity index (χ1) is 19.1. The van der Waals surface area contributed by atoms with Crippen LogP contribution in [0.3, 0.4) is 0 Å². The van der Waals surface area contributed by atoms with Crippen molar-refractivity contribution in [3.63, 3.8) is 0 Å². The van der Waals surface area contributed by atoms with Crippen molar-refractivity contribution in [3.05, 3.63) is 59.7 Å². The zero-order valence-electron chi connectivity index (χ0n) is 24.7. The van der Waals surface area contributed by atoms with E-state index in [-0.39, 0.29) is 48.5 Å². The molecule has 0 N–H and O–H groups in total. The maximum Gasteiger partial charge on any atom is 0.180 e. The number of carbonyl (C=O) groups excluding carboxylic acids is 2. The van der Waals surface area contributed by atoms with E-state index in [9.17, 15) is 9.59 Å². The molecular weight excluding hydrogens is 559 g/mol. The maximum atomic E-state index is 14.2. The number of nitrogens with zero attached hydrogens (tertiary/aromatic N) is 2. The summed E-state index contributed by atoms with van der Waals surface area (Å²) >= 11 is 0. The molecule has 4 rings (SSSR count). The van der Waals surface area contributed by atoms with Crippen LogP contribution in [0.1, 0.15) is 92.4 Å². The second-order valence-electron chi connectivity index (χ2n) is 10.8. The smallest absolute Gasteiger partial charge is 0.180 e. The minimum atomic E-state index is -0.332. The van der Waals surface area contributed by atoms with E-state index >= 15 is 0 Å². The molecule has 228 valence electrons. The van der Waals surface area contributed by atoms with Crippen LogP contribution >= 0.6 is 24.8 Å². The molecule has 0 spiro atoms. The molecule has 2 unspecified atom stereocenters. The lowest BCUT2D eigenvalue weighted by Gasteiger charge is -2.36. The predicted octanol–water partition coefficient (Wildman–Crippen LogP) is 7.27. The molecule has 41 heavy (non-hydrogen) atoms. The Hall–Kier alpha value is -2.12. The van der Waals surface area contributed by atoms with E-state index in [1.54, 1.807) is 0 Å². The second-order valence-corrected chi connectivity index (χ2v) is 10.8. The summed E-state index contributed by atoms with van der Waals surface area (Å²) in [6.45, 7) is 8.70. The molecule has 2 heterocycles. The van der Waals surface area contributed by atoms with Gasteiger partial charge in [-0.2, -0.15) is 0 Å². The van der Waals surface area contributed by atoms with Crippen LogP contribution in [0, 0.1) is 0 Å². The van der Waals surface area contributed by atoms with E-state index in [0.29, 0.717) is 30.8 Å². The lowest BCUT2D eigenvalue weighted by atomic mass is 9.91. The molecule has 2 saturated heterocycles. The first kappa shape index (κ1) is 35.1. The highest BCUT2D eigenvalue weighted by atomic mass is 35.5. The third kappa shape index (κ3) is 9.99. The van der Waals surface area contributed by atoms with E-state index in [4.69, 9.17) is 9.47 Å². The molecule has 2 fully saturated rings. The maximum absolute atomic E-state index is 14.2. The highest BCUT2D eigenvalue weighted by Crippen LogP contribution is 2.26. The van der Waals surface area contributed by atoms with Crippen LogP contribution in [0.4, 0.5) is 0 Å². The van der Waals surface area contributed by atoms with Crippen LogP contribution < -0.4 is 9.47 Å². The van der Waals surface area contributed by atoms with E-state index in [2.05, 4.69) is 9.80 Å². The highest BCUT2D eigenvalue weighted by Gasteiger charge is 2.36. The Morgan fingerprint density at radius 1 is 0.585 bits per heavy atom. The Balaban J connectivity index is 0.00000294. The molecule has 2 aliphatic rings. The topological polar surface area (TPSA) is 59.1 Å². The molecule has 0 bridgehead atoms. The Bertz CT molecular complexity index is 949. The molecule has 0 aliphatic carbocycles. The van der Waals surface area contributed by atoms with Gasteiger partial charge in [0.2, 0.25) is 0 Å². The molecule has 2 aromatic rings. The number of rotatable bonds is 12. The molecule has 0 saturated carbocycles. The van der Waals surface area contributed by atoms with Crippen molar-refractivity contribution in [1.82, 2.24) is 9.80 Å². The number of benzene rings is 2. The predicted molar refractivity (Wildman–Crippen MR) is 171 cm³/mol. The number of likely N-dealkylation sites (tertiary alicyclic amines) is 2. The number of carbonyl (C=O) groups is 2. The average Bonchev–Trinajstić information content (AvgIpc) is 3.40. The van der Waals surface area contributed by atoms with Gasteiger partial charge in [-0.15, -0.1) is 24.8 Å². The fourth-order valence-electron chi connectivity index (χ4n) is 6.02. The Morgan fingerprint density at radius 3 is 1.20 bits per heavy atom. The Kier molecular flexibility index (Phi) is 15.8. The van der Waals surface area contributed by atoms with Crippen molar-refractivity contribution in [2.45, 2.75) is 83.7 Å². The van der Waals surface area contributed by atoms with Crippen molar-refractivity contribution < 1.29 is 19.1 Å². The van der Waals surface area contributed by atoms with Gasteiger partial charge in [0.05, 0.1) is 25.3 Å². The van der Waals surface area contributed by atoms with Crippen molar-refractivity contribution in [2.75, 3.05) is 39.4 Å². The van der Waals surface area contributed by atoms with Gasteiger partial charge in [0.25, 0.3) is 0 Å². The van der Waals surface area contributed by atoms with Gasteiger partial charge >= 0.3 is 0 Å². The molecule has 2 aromatic carbocycles. The van der Waals surface area contributed by atoms with Crippen LogP contribution in [0.25, 0.3) is 0 Å². The third-order valence-corrected chi connectivity index (χ3v) is 8.11. The largest absolute Gasteiger partial charge is 0.494 e. The van der Waals surface area contributed by atoms with Gasteiger partial charge in [-0.1, -0.05) is 25.7 Å². The zero-order valence-corrected chi connectivity index (χ0v) is 26.4. The molecule has 2 atom stereocenters. The lowest BCUT2D eigenvalue weighted by molar-refractivity contribution is 0.0656. The summed E-state index contributed by atoms with van der Waals surface area (Å²) in [5.74, 6) is 1.76. The van der Waals surface area contributed by atoms with E-state index in [0.717, 1.165) is 63.4 Å². The van der Waals surface area contributed by atoms with Crippen LogP contribution in [0.5, 0.6) is 11.5 Å². The summed E-state index contributed by atoms with van der Waals surface area (Å²) < 4.78 is 11.2. The summed E-state index contributed by atoms with van der Waals surface area (Å²) in [6.07, 6.45) is 9.66. The summed E-state index contributed by atoms with van der Waals surface area (Å²) in [5, 5.41) is 0. The van der Waals surface area contributed by atoms with Crippen LogP contribution in [-0.4, -0.2) is 72.8 Å². The zero-order chi connectivity index (χ0) is 27.5. The van der Waals surface area contributed by atoms with E-state index in [1.165, 1.54) is 25.7 Å². The van der Waals surface area contributed by atoms with Gasteiger partial charge in [-0.3, -0.25) is 19.4 Å². The van der Waals surface area contributed by atoms with Crippen molar-refractivity contribution in [3.8, 4) is 11.5 Å². The van der Waals surface area contributed by atoms with Crippen LogP contribution in [-0.2, 0) is 0 Å². The third-order valence-electron chi connectivity index (χ3n) is 8.11. The highest BCUT2D eigenvalue weighted by molar-refractivity contribution is 6.03. The van der Waals surface area contributed by atoms with Gasteiger partial charge in [0.1, 0.15) is 11.5 Å². The molecule has 0 amide bonds. The molecule has 8 heteroatoms. The number of halogens is 2. The number of hydrogen-bond acceptors (Lipinski definition) is 6. The molecular formula is C33H48Cl2N2O4. The van der Waals surface area contributed by atoms with Gasteiger partial charge in [-0.05, 0) is 121 Å². The van der Waals surface area contributed by atoms with Crippen molar-refractivity contribution in [2.24, 2.45) is 0 Å². The monoisotopic (exact) mass is 606 g/mol. The SMILES string of the molecule is CCOc1ccc(C(=O)C(CC(C(=O)c2ccc(OCC)cc2)N2CCCCCC2)N2CCCCCC2)cc1.Cl.Cl. The summed E-state index contributed by atoms with van der Waals surface area (Å²) in [7, 11) is 0. The average molecular weight is 608 g/mol. The fourth-order valence-corrected chi connectivity index (χ4v) is 6.02. The fraction of sp³-hybridized carbons (Fsp3) is 0.576. The van der Waals surface area contributed by atoms with Crippen molar-refractivity contribution >= 4 is 36.4 Å². The van der Waals surface area contributed by atoms with Gasteiger partial charge in [0, 0.05) is 11.1 Å². The normalized spacial score (nSPS) is 18.0. The van der Waals surface area contributed by atoms with Gasteiger partial charge in [-0.25, -0.2) is 0 Å².